The monoisotopic (exact) mass is 223 g/mol. The van der Waals surface area contributed by atoms with Crippen molar-refractivity contribution in [3.8, 4) is 5.88 Å². The van der Waals surface area contributed by atoms with Gasteiger partial charge in [0.1, 0.15) is 0 Å². The largest absolute Gasteiger partial charge is 0.481 e. The molecule has 0 radical (unpaired) electrons. The van der Waals surface area contributed by atoms with Crippen molar-refractivity contribution in [1.29, 1.82) is 0 Å². The van der Waals surface area contributed by atoms with Gasteiger partial charge in [0.25, 0.3) is 0 Å². The van der Waals surface area contributed by atoms with E-state index < -0.39 is 0 Å². The molecule has 1 aromatic rings. The zero-order valence-corrected chi connectivity index (χ0v) is 10.2. The van der Waals surface area contributed by atoms with Gasteiger partial charge >= 0.3 is 0 Å². The molecule has 0 aliphatic carbocycles. The van der Waals surface area contributed by atoms with Gasteiger partial charge in [-0.15, -0.1) is 0 Å². The maximum Gasteiger partial charge on any atom is 0.211 e. The second-order valence-electron chi connectivity index (χ2n) is 4.43. The summed E-state index contributed by atoms with van der Waals surface area (Å²) in [6.45, 7) is 5.35. The van der Waals surface area contributed by atoms with E-state index in [2.05, 4.69) is 17.3 Å². The van der Waals surface area contributed by atoms with Crippen molar-refractivity contribution in [2.75, 3.05) is 20.2 Å². The molecule has 90 valence electrons. The summed E-state index contributed by atoms with van der Waals surface area (Å²) in [5.74, 6) is 1.58. The quantitative estimate of drug-likeness (QED) is 0.840. The van der Waals surface area contributed by atoms with Gasteiger partial charge in [0, 0.05) is 12.6 Å². The summed E-state index contributed by atoms with van der Waals surface area (Å²) in [5, 5.41) is 7.99. The SMILES string of the molecule is CCc1cc(OC)n(CC2CCCNC2)n1. The summed E-state index contributed by atoms with van der Waals surface area (Å²) < 4.78 is 7.36. The summed E-state index contributed by atoms with van der Waals surface area (Å²) in [4.78, 5) is 0. The molecule has 0 saturated carbocycles. The van der Waals surface area contributed by atoms with E-state index in [1.54, 1.807) is 7.11 Å². The van der Waals surface area contributed by atoms with Gasteiger partial charge in [-0.25, -0.2) is 4.68 Å². The molecule has 0 bridgehead atoms. The Morgan fingerprint density at radius 3 is 3.12 bits per heavy atom. The van der Waals surface area contributed by atoms with Gasteiger partial charge in [-0.3, -0.25) is 0 Å². The van der Waals surface area contributed by atoms with E-state index in [0.29, 0.717) is 5.92 Å². The Balaban J connectivity index is 2.03. The van der Waals surface area contributed by atoms with Gasteiger partial charge in [0.2, 0.25) is 5.88 Å². The van der Waals surface area contributed by atoms with Crippen molar-refractivity contribution < 1.29 is 4.74 Å². The molecule has 0 aromatic carbocycles. The molecule has 0 spiro atoms. The number of ether oxygens (including phenoxy) is 1. The molecule has 2 heterocycles. The van der Waals surface area contributed by atoms with E-state index in [1.807, 2.05) is 10.7 Å². The highest BCUT2D eigenvalue weighted by molar-refractivity contribution is 5.16. The maximum absolute atomic E-state index is 5.35. The van der Waals surface area contributed by atoms with Crippen LogP contribution in [0.5, 0.6) is 5.88 Å². The van der Waals surface area contributed by atoms with E-state index in [0.717, 1.165) is 37.6 Å². The fraction of sp³-hybridized carbons (Fsp3) is 0.750. The Morgan fingerprint density at radius 1 is 1.62 bits per heavy atom. The fourth-order valence-corrected chi connectivity index (χ4v) is 2.24. The van der Waals surface area contributed by atoms with Crippen LogP contribution in [0.1, 0.15) is 25.5 Å². The Labute approximate surface area is 97.0 Å². The Kier molecular flexibility index (Phi) is 3.83. The first-order valence-electron chi connectivity index (χ1n) is 6.15. The second-order valence-corrected chi connectivity index (χ2v) is 4.43. The van der Waals surface area contributed by atoms with Crippen molar-refractivity contribution in [3.05, 3.63) is 11.8 Å². The minimum absolute atomic E-state index is 0.687. The van der Waals surface area contributed by atoms with Gasteiger partial charge in [-0.2, -0.15) is 5.10 Å². The lowest BCUT2D eigenvalue weighted by Crippen LogP contribution is -2.32. The number of rotatable bonds is 4. The maximum atomic E-state index is 5.35. The predicted molar refractivity (Wildman–Crippen MR) is 63.8 cm³/mol. The molecule has 1 aliphatic rings. The third-order valence-corrected chi connectivity index (χ3v) is 3.20. The average Bonchev–Trinajstić information content (AvgIpc) is 2.73. The van der Waals surface area contributed by atoms with Gasteiger partial charge < -0.3 is 10.1 Å². The zero-order valence-electron chi connectivity index (χ0n) is 10.2. The predicted octanol–water partition coefficient (Wildman–Crippen LogP) is 1.45. The number of aromatic nitrogens is 2. The average molecular weight is 223 g/mol. The topological polar surface area (TPSA) is 39.1 Å². The van der Waals surface area contributed by atoms with Crippen LogP contribution in [-0.2, 0) is 13.0 Å². The Morgan fingerprint density at radius 2 is 2.50 bits per heavy atom. The summed E-state index contributed by atoms with van der Waals surface area (Å²) >= 11 is 0. The van der Waals surface area contributed by atoms with Gasteiger partial charge in [0.05, 0.1) is 12.8 Å². The fourth-order valence-electron chi connectivity index (χ4n) is 2.24. The van der Waals surface area contributed by atoms with Crippen LogP contribution in [0.15, 0.2) is 6.07 Å². The van der Waals surface area contributed by atoms with Crippen LogP contribution in [0.3, 0.4) is 0 Å². The van der Waals surface area contributed by atoms with E-state index >= 15 is 0 Å². The van der Waals surface area contributed by atoms with Crippen LogP contribution in [0, 0.1) is 5.92 Å². The van der Waals surface area contributed by atoms with Crippen molar-refractivity contribution in [1.82, 2.24) is 15.1 Å². The molecule has 1 unspecified atom stereocenters. The molecule has 16 heavy (non-hydrogen) atoms. The lowest BCUT2D eigenvalue weighted by Gasteiger charge is -2.23. The molecule has 2 rings (SSSR count). The Hall–Kier alpha value is -1.03. The third-order valence-electron chi connectivity index (χ3n) is 3.20. The molecule has 1 aliphatic heterocycles. The summed E-state index contributed by atoms with van der Waals surface area (Å²) in [6, 6.07) is 2.04. The van der Waals surface area contributed by atoms with Crippen LogP contribution >= 0.6 is 0 Å². The van der Waals surface area contributed by atoms with E-state index in [9.17, 15) is 0 Å². The van der Waals surface area contributed by atoms with E-state index in [-0.39, 0.29) is 0 Å². The lowest BCUT2D eigenvalue weighted by atomic mass is 10.00. The summed E-state index contributed by atoms with van der Waals surface area (Å²) in [7, 11) is 1.71. The van der Waals surface area contributed by atoms with Gasteiger partial charge in [0.15, 0.2) is 0 Å². The standard InChI is InChI=1S/C12H21N3O/c1-3-11-7-12(16-2)15(14-11)9-10-5-4-6-13-8-10/h7,10,13H,3-6,8-9H2,1-2H3. The highest BCUT2D eigenvalue weighted by Crippen LogP contribution is 2.18. The number of aryl methyl sites for hydroxylation is 1. The van der Waals surface area contributed by atoms with Crippen molar-refractivity contribution >= 4 is 0 Å². The molecule has 1 N–H and O–H groups in total. The normalized spacial score (nSPS) is 21.0. The number of nitrogens with zero attached hydrogens (tertiary/aromatic N) is 2. The van der Waals surface area contributed by atoms with Crippen LogP contribution in [0.4, 0.5) is 0 Å². The van der Waals surface area contributed by atoms with E-state index in [1.165, 1.54) is 12.8 Å². The van der Waals surface area contributed by atoms with Crippen LogP contribution in [0.2, 0.25) is 0 Å². The van der Waals surface area contributed by atoms with Crippen molar-refractivity contribution in [3.63, 3.8) is 0 Å². The molecule has 4 nitrogen and oxygen atoms in total. The first-order chi connectivity index (χ1) is 7.83. The highest BCUT2D eigenvalue weighted by atomic mass is 16.5. The van der Waals surface area contributed by atoms with Crippen molar-refractivity contribution in [2.45, 2.75) is 32.7 Å². The molecule has 1 aromatic heterocycles. The molecule has 1 atom stereocenters. The molecular formula is C12H21N3O. The number of methoxy groups -OCH3 is 1. The minimum atomic E-state index is 0.687. The van der Waals surface area contributed by atoms with Crippen LogP contribution in [0.25, 0.3) is 0 Å². The number of nitrogens with one attached hydrogen (secondary N) is 1. The van der Waals surface area contributed by atoms with E-state index in [4.69, 9.17) is 4.74 Å². The van der Waals surface area contributed by atoms with Crippen LogP contribution in [-0.4, -0.2) is 30.0 Å². The smallest absolute Gasteiger partial charge is 0.211 e. The summed E-state index contributed by atoms with van der Waals surface area (Å²) in [5.41, 5.74) is 1.11. The first kappa shape index (κ1) is 11.5. The minimum Gasteiger partial charge on any atom is -0.481 e. The second kappa shape index (κ2) is 5.34. The molecule has 0 amide bonds. The molecule has 4 heteroatoms. The zero-order chi connectivity index (χ0) is 11.4. The molecular weight excluding hydrogens is 202 g/mol. The van der Waals surface area contributed by atoms with Gasteiger partial charge in [-0.1, -0.05) is 6.92 Å². The third kappa shape index (κ3) is 2.55. The number of hydrogen-bond donors (Lipinski definition) is 1. The highest BCUT2D eigenvalue weighted by Gasteiger charge is 2.16. The summed E-state index contributed by atoms with van der Waals surface area (Å²) in [6.07, 6.45) is 3.53. The van der Waals surface area contributed by atoms with Gasteiger partial charge in [-0.05, 0) is 38.3 Å². The number of piperidine rings is 1. The first-order valence-corrected chi connectivity index (χ1v) is 6.15. The van der Waals surface area contributed by atoms with Crippen LogP contribution < -0.4 is 10.1 Å². The number of hydrogen-bond acceptors (Lipinski definition) is 3. The molecule has 1 saturated heterocycles. The Bertz CT molecular complexity index is 329. The molecule has 1 fully saturated rings. The lowest BCUT2D eigenvalue weighted by molar-refractivity contribution is 0.292. The van der Waals surface area contributed by atoms with Crippen molar-refractivity contribution in [2.24, 2.45) is 5.92 Å².